The highest BCUT2D eigenvalue weighted by Crippen LogP contribution is 2.36. The highest BCUT2D eigenvalue weighted by atomic mass is 79.9. The second-order valence-electron chi connectivity index (χ2n) is 6.89. The SMILES string of the molecule is CCCCOc1c(Br)cc(C=NNC(=O)C(C)NC(=O)c2ccc(OC)cc2)cc1OC. The molecule has 1 unspecified atom stereocenters. The van der Waals surface area contributed by atoms with Crippen molar-refractivity contribution in [3.63, 3.8) is 0 Å². The maximum atomic E-state index is 12.3. The Hall–Kier alpha value is -3.07. The molecule has 0 aliphatic heterocycles. The van der Waals surface area contributed by atoms with Gasteiger partial charge in [-0.2, -0.15) is 5.10 Å². The lowest BCUT2D eigenvalue weighted by molar-refractivity contribution is -0.122. The van der Waals surface area contributed by atoms with Crippen LogP contribution in [0.25, 0.3) is 0 Å². The molecule has 1 atom stereocenters. The van der Waals surface area contributed by atoms with Gasteiger partial charge in [-0.3, -0.25) is 9.59 Å². The number of hydrogen-bond acceptors (Lipinski definition) is 6. The molecular weight excluding hydrogens is 478 g/mol. The number of benzene rings is 2. The molecule has 2 N–H and O–H groups in total. The van der Waals surface area contributed by atoms with E-state index >= 15 is 0 Å². The van der Waals surface area contributed by atoms with Crippen LogP contribution in [0.15, 0.2) is 46.0 Å². The number of carbonyl (C=O) groups is 2. The molecular formula is C23H28BrN3O5. The molecule has 0 radical (unpaired) electrons. The molecule has 2 aromatic rings. The first-order valence-corrected chi connectivity index (χ1v) is 11.0. The Labute approximate surface area is 196 Å². The first-order chi connectivity index (χ1) is 15.4. The van der Waals surface area contributed by atoms with Crippen molar-refractivity contribution in [2.75, 3.05) is 20.8 Å². The molecule has 2 rings (SSSR count). The topological polar surface area (TPSA) is 98.2 Å². The minimum absolute atomic E-state index is 0.369. The number of carbonyl (C=O) groups excluding carboxylic acids is 2. The van der Waals surface area contributed by atoms with Gasteiger partial charge in [-0.25, -0.2) is 5.43 Å². The molecule has 9 heteroatoms. The van der Waals surface area contributed by atoms with Crippen LogP contribution in [0, 0.1) is 0 Å². The summed E-state index contributed by atoms with van der Waals surface area (Å²) >= 11 is 3.48. The van der Waals surface area contributed by atoms with Gasteiger partial charge in [-0.15, -0.1) is 0 Å². The van der Waals surface area contributed by atoms with E-state index in [1.807, 2.05) is 6.07 Å². The number of nitrogens with one attached hydrogen (secondary N) is 2. The Morgan fingerprint density at radius 3 is 2.50 bits per heavy atom. The minimum Gasteiger partial charge on any atom is -0.497 e. The van der Waals surface area contributed by atoms with Crippen molar-refractivity contribution < 1.29 is 23.8 Å². The molecule has 32 heavy (non-hydrogen) atoms. The average Bonchev–Trinajstić information content (AvgIpc) is 2.80. The van der Waals surface area contributed by atoms with Crippen LogP contribution in [0.5, 0.6) is 17.2 Å². The monoisotopic (exact) mass is 505 g/mol. The van der Waals surface area contributed by atoms with Crippen molar-refractivity contribution in [2.24, 2.45) is 5.10 Å². The summed E-state index contributed by atoms with van der Waals surface area (Å²) in [5.74, 6) is 1.01. The molecule has 2 aromatic carbocycles. The van der Waals surface area contributed by atoms with E-state index in [0.29, 0.717) is 35.0 Å². The van der Waals surface area contributed by atoms with Gasteiger partial charge in [0.25, 0.3) is 11.8 Å². The van der Waals surface area contributed by atoms with E-state index < -0.39 is 11.9 Å². The van der Waals surface area contributed by atoms with E-state index in [2.05, 4.69) is 38.7 Å². The van der Waals surface area contributed by atoms with E-state index in [1.54, 1.807) is 51.5 Å². The number of rotatable bonds is 11. The van der Waals surface area contributed by atoms with Gasteiger partial charge >= 0.3 is 0 Å². The fourth-order valence-electron chi connectivity index (χ4n) is 2.63. The molecule has 0 saturated carbocycles. The number of nitrogens with zero attached hydrogens (tertiary/aromatic N) is 1. The third-order valence-corrected chi connectivity index (χ3v) is 5.07. The van der Waals surface area contributed by atoms with E-state index in [4.69, 9.17) is 14.2 Å². The van der Waals surface area contributed by atoms with Crippen molar-refractivity contribution in [1.82, 2.24) is 10.7 Å². The zero-order valence-electron chi connectivity index (χ0n) is 18.6. The first kappa shape index (κ1) is 25.2. The molecule has 2 amide bonds. The summed E-state index contributed by atoms with van der Waals surface area (Å²) < 4.78 is 17.0. The summed E-state index contributed by atoms with van der Waals surface area (Å²) in [4.78, 5) is 24.6. The van der Waals surface area contributed by atoms with Gasteiger partial charge in [0.15, 0.2) is 11.5 Å². The molecule has 0 bridgehead atoms. The number of methoxy groups -OCH3 is 2. The van der Waals surface area contributed by atoms with Crippen LogP contribution in [-0.2, 0) is 4.79 Å². The van der Waals surface area contributed by atoms with E-state index in [0.717, 1.165) is 17.3 Å². The Morgan fingerprint density at radius 2 is 1.88 bits per heavy atom. The second-order valence-corrected chi connectivity index (χ2v) is 7.75. The summed E-state index contributed by atoms with van der Waals surface area (Å²) in [6.45, 7) is 4.26. The van der Waals surface area contributed by atoms with Gasteiger partial charge in [-0.1, -0.05) is 13.3 Å². The molecule has 0 aromatic heterocycles. The third kappa shape index (κ3) is 7.26. The lowest BCUT2D eigenvalue weighted by Gasteiger charge is -2.13. The average molecular weight is 506 g/mol. The molecule has 172 valence electrons. The third-order valence-electron chi connectivity index (χ3n) is 4.48. The van der Waals surface area contributed by atoms with Crippen LogP contribution in [0.4, 0.5) is 0 Å². The Balaban J connectivity index is 1.95. The van der Waals surface area contributed by atoms with Crippen LogP contribution >= 0.6 is 15.9 Å². The van der Waals surface area contributed by atoms with Gasteiger partial charge in [0, 0.05) is 5.56 Å². The molecule has 0 aliphatic carbocycles. The number of halogens is 1. The van der Waals surface area contributed by atoms with Gasteiger partial charge in [-0.05, 0) is 71.2 Å². The van der Waals surface area contributed by atoms with Crippen molar-refractivity contribution in [3.8, 4) is 17.2 Å². The van der Waals surface area contributed by atoms with Gasteiger partial charge in [0.2, 0.25) is 0 Å². The lowest BCUT2D eigenvalue weighted by atomic mass is 10.2. The molecule has 0 aliphatic rings. The summed E-state index contributed by atoms with van der Waals surface area (Å²) in [5, 5.41) is 6.61. The number of amides is 2. The molecule has 0 heterocycles. The molecule has 0 spiro atoms. The summed E-state index contributed by atoms with van der Waals surface area (Å²) in [5.41, 5.74) is 3.55. The Kier molecular flexibility index (Phi) is 10.0. The maximum absolute atomic E-state index is 12.3. The van der Waals surface area contributed by atoms with Gasteiger partial charge < -0.3 is 19.5 Å². The Morgan fingerprint density at radius 1 is 1.16 bits per heavy atom. The second kappa shape index (κ2) is 12.7. The minimum atomic E-state index is -0.780. The number of unbranched alkanes of at least 4 members (excludes halogenated alkanes) is 1. The fraction of sp³-hybridized carbons (Fsp3) is 0.348. The maximum Gasteiger partial charge on any atom is 0.262 e. The highest BCUT2D eigenvalue weighted by Gasteiger charge is 2.16. The van der Waals surface area contributed by atoms with E-state index in [1.165, 1.54) is 6.21 Å². The molecule has 0 fully saturated rings. The molecule has 8 nitrogen and oxygen atoms in total. The number of hydrazone groups is 1. The summed E-state index contributed by atoms with van der Waals surface area (Å²) in [6.07, 6.45) is 3.46. The first-order valence-electron chi connectivity index (χ1n) is 10.2. The summed E-state index contributed by atoms with van der Waals surface area (Å²) in [6, 6.07) is 9.39. The number of ether oxygens (including phenoxy) is 3. The van der Waals surface area contributed by atoms with E-state index in [9.17, 15) is 9.59 Å². The Bertz CT molecular complexity index is 947. The van der Waals surface area contributed by atoms with Gasteiger partial charge in [0.1, 0.15) is 11.8 Å². The normalized spacial score (nSPS) is 11.7. The van der Waals surface area contributed by atoms with Crippen LogP contribution in [0.2, 0.25) is 0 Å². The van der Waals surface area contributed by atoms with E-state index in [-0.39, 0.29) is 5.91 Å². The predicted molar refractivity (Wildman–Crippen MR) is 127 cm³/mol. The van der Waals surface area contributed by atoms with Gasteiger partial charge in [0.05, 0.1) is 31.5 Å². The van der Waals surface area contributed by atoms with Crippen LogP contribution in [-0.4, -0.2) is 44.9 Å². The largest absolute Gasteiger partial charge is 0.497 e. The summed E-state index contributed by atoms with van der Waals surface area (Å²) in [7, 11) is 3.11. The van der Waals surface area contributed by atoms with Crippen molar-refractivity contribution in [3.05, 3.63) is 52.0 Å². The molecule has 0 saturated heterocycles. The highest BCUT2D eigenvalue weighted by molar-refractivity contribution is 9.10. The smallest absolute Gasteiger partial charge is 0.262 e. The van der Waals surface area contributed by atoms with Crippen molar-refractivity contribution >= 4 is 34.0 Å². The van der Waals surface area contributed by atoms with Crippen LogP contribution in [0.3, 0.4) is 0 Å². The zero-order chi connectivity index (χ0) is 23.5. The van der Waals surface area contributed by atoms with Crippen molar-refractivity contribution in [2.45, 2.75) is 32.7 Å². The standard InChI is InChI=1S/C23H28BrN3O5/c1-5-6-11-32-21-19(24)12-16(13-20(21)31-4)14-25-27-22(28)15(2)26-23(29)17-7-9-18(30-3)10-8-17/h7-10,12-15H,5-6,11H2,1-4H3,(H,26,29)(H,27,28). The number of hydrogen-bond donors (Lipinski definition) is 2. The fourth-order valence-corrected chi connectivity index (χ4v) is 3.20. The predicted octanol–water partition coefficient (Wildman–Crippen LogP) is 3.91. The van der Waals surface area contributed by atoms with Crippen LogP contribution in [0.1, 0.15) is 42.6 Å². The van der Waals surface area contributed by atoms with Crippen LogP contribution < -0.4 is 25.0 Å². The lowest BCUT2D eigenvalue weighted by Crippen LogP contribution is -2.43. The zero-order valence-corrected chi connectivity index (χ0v) is 20.2. The van der Waals surface area contributed by atoms with Crippen molar-refractivity contribution in [1.29, 1.82) is 0 Å². The quantitative estimate of drug-likeness (QED) is 0.274.